The smallest absolute Gasteiger partial charge is 0.321 e. The Morgan fingerprint density at radius 1 is 1.35 bits per heavy atom. The van der Waals surface area contributed by atoms with Crippen molar-refractivity contribution in [3.8, 4) is 0 Å². The number of nitrogens with zero attached hydrogens (tertiary/aromatic N) is 2. The third-order valence-electron chi connectivity index (χ3n) is 3.60. The van der Waals surface area contributed by atoms with E-state index in [1.54, 1.807) is 4.90 Å². The van der Waals surface area contributed by atoms with Crippen molar-refractivity contribution in [2.24, 2.45) is 5.73 Å². The molecule has 124 valence electrons. The van der Waals surface area contributed by atoms with Crippen LogP contribution in [0.4, 0.5) is 0 Å². The van der Waals surface area contributed by atoms with Gasteiger partial charge in [0.05, 0.1) is 19.0 Å². The normalized spacial score (nSPS) is 17.0. The van der Waals surface area contributed by atoms with Gasteiger partial charge in [-0.15, -0.1) is 0 Å². The maximum Gasteiger partial charge on any atom is 0.321 e. The molecule has 1 fully saturated rings. The van der Waals surface area contributed by atoms with Crippen LogP contribution in [0.25, 0.3) is 0 Å². The van der Waals surface area contributed by atoms with E-state index in [1.807, 2.05) is 35.2 Å². The molecule has 23 heavy (non-hydrogen) atoms. The number of carboxylic acids is 1. The Labute approximate surface area is 144 Å². The van der Waals surface area contributed by atoms with Gasteiger partial charge in [-0.05, 0) is 12.0 Å². The molecule has 1 aliphatic heterocycles. The van der Waals surface area contributed by atoms with Crippen LogP contribution in [-0.2, 0) is 16.0 Å². The molecule has 0 bridgehead atoms. The molecule has 1 aromatic rings. The zero-order chi connectivity index (χ0) is 16.8. The first-order chi connectivity index (χ1) is 11.0. The van der Waals surface area contributed by atoms with E-state index in [-0.39, 0.29) is 6.42 Å². The van der Waals surface area contributed by atoms with Gasteiger partial charge in [0.1, 0.15) is 10.4 Å². The Hall–Kier alpha value is -1.64. The fourth-order valence-electron chi connectivity index (χ4n) is 2.37. The van der Waals surface area contributed by atoms with Gasteiger partial charge in [-0.2, -0.15) is 0 Å². The lowest BCUT2D eigenvalue weighted by Crippen LogP contribution is -2.53. The van der Waals surface area contributed by atoms with Crippen LogP contribution < -0.4 is 5.73 Å². The van der Waals surface area contributed by atoms with Gasteiger partial charge in [0.2, 0.25) is 5.91 Å². The van der Waals surface area contributed by atoms with E-state index in [0.717, 1.165) is 10.7 Å². The molecule has 0 aromatic heterocycles. The number of nitrogens with two attached hydrogens (primary N) is 1. The van der Waals surface area contributed by atoms with Gasteiger partial charge in [-0.3, -0.25) is 14.5 Å². The van der Waals surface area contributed by atoms with Crippen molar-refractivity contribution >= 4 is 40.2 Å². The molecule has 1 unspecified atom stereocenters. The largest absolute Gasteiger partial charge is 0.480 e. The van der Waals surface area contributed by atoms with Crippen LogP contribution in [0.1, 0.15) is 12.0 Å². The third kappa shape index (κ3) is 5.19. The van der Waals surface area contributed by atoms with Crippen LogP contribution >= 0.6 is 24.0 Å². The summed E-state index contributed by atoms with van der Waals surface area (Å²) >= 11 is 6.77. The number of hydrogen-bond donors (Lipinski definition) is 2. The second-order valence-electron chi connectivity index (χ2n) is 5.29. The van der Waals surface area contributed by atoms with Crippen LogP contribution in [0, 0.1) is 0 Å². The first-order valence-electron chi connectivity index (χ1n) is 7.18. The number of amides is 1. The molecule has 3 N–H and O–H groups in total. The van der Waals surface area contributed by atoms with Gasteiger partial charge in [0.15, 0.2) is 0 Å². The Morgan fingerprint density at radius 3 is 2.65 bits per heavy atom. The predicted molar refractivity (Wildman–Crippen MR) is 93.8 cm³/mol. The number of thioether (sulfide) groups is 1. The minimum Gasteiger partial charge on any atom is -0.480 e. The molecule has 0 saturated carbocycles. The quantitative estimate of drug-likeness (QED) is 0.710. The predicted octanol–water partition coefficient (Wildman–Crippen LogP) is 1.11. The summed E-state index contributed by atoms with van der Waals surface area (Å²) in [6.45, 7) is 1.10. The highest BCUT2D eigenvalue weighted by Crippen LogP contribution is 2.22. The van der Waals surface area contributed by atoms with Crippen LogP contribution in [0.5, 0.6) is 0 Å². The van der Waals surface area contributed by atoms with E-state index in [1.165, 1.54) is 17.3 Å². The molecule has 0 spiro atoms. The summed E-state index contributed by atoms with van der Waals surface area (Å²) in [5.74, 6) is -1.21. The van der Waals surface area contributed by atoms with Crippen LogP contribution in [0.15, 0.2) is 30.3 Å². The molecule has 0 aliphatic carbocycles. The summed E-state index contributed by atoms with van der Waals surface area (Å²) in [6, 6.07) is 9.11. The Morgan fingerprint density at radius 2 is 2.04 bits per heavy atom. The zero-order valence-electron chi connectivity index (χ0n) is 12.6. The van der Waals surface area contributed by atoms with Crippen molar-refractivity contribution in [1.82, 2.24) is 9.80 Å². The Kier molecular flexibility index (Phi) is 6.37. The van der Waals surface area contributed by atoms with Crippen LogP contribution in [0.3, 0.4) is 0 Å². The standard InChI is InChI=1S/C15H19N3O3S2/c16-13(19)8-12(14(20)21)18-9-17(15(22)23-10-18)7-6-11-4-2-1-3-5-11/h1-5,12H,6-10H2,(H2,16,19)(H,20,21). The number of carboxylic acid groups (broad SMARTS) is 1. The fourth-order valence-corrected chi connectivity index (χ4v) is 3.55. The Balaban J connectivity index is 1.98. The van der Waals surface area contributed by atoms with E-state index in [4.69, 9.17) is 18.0 Å². The number of primary amides is 1. The summed E-state index contributed by atoms with van der Waals surface area (Å²) < 4.78 is 0.750. The number of benzene rings is 1. The molecule has 1 heterocycles. The lowest BCUT2D eigenvalue weighted by molar-refractivity contribution is -0.145. The van der Waals surface area contributed by atoms with Crippen molar-refractivity contribution in [2.75, 3.05) is 19.1 Å². The second-order valence-corrected chi connectivity index (χ2v) is 6.87. The maximum absolute atomic E-state index is 11.4. The van der Waals surface area contributed by atoms with Gasteiger partial charge in [-0.1, -0.05) is 54.3 Å². The van der Waals surface area contributed by atoms with Crippen molar-refractivity contribution in [2.45, 2.75) is 18.9 Å². The molecule has 1 atom stereocenters. The van der Waals surface area contributed by atoms with Crippen LogP contribution in [0.2, 0.25) is 0 Å². The minimum atomic E-state index is -1.04. The van der Waals surface area contributed by atoms with Crippen molar-refractivity contribution in [1.29, 1.82) is 0 Å². The van der Waals surface area contributed by atoms with Crippen molar-refractivity contribution in [3.63, 3.8) is 0 Å². The van der Waals surface area contributed by atoms with Crippen molar-refractivity contribution in [3.05, 3.63) is 35.9 Å². The van der Waals surface area contributed by atoms with E-state index >= 15 is 0 Å². The molecule has 0 radical (unpaired) electrons. The Bertz CT molecular complexity index is 583. The van der Waals surface area contributed by atoms with Gasteiger partial charge in [0.25, 0.3) is 0 Å². The molecular weight excluding hydrogens is 334 g/mol. The topological polar surface area (TPSA) is 86.9 Å². The summed E-state index contributed by atoms with van der Waals surface area (Å²) in [5.41, 5.74) is 6.36. The van der Waals surface area contributed by atoms with Gasteiger partial charge >= 0.3 is 5.97 Å². The van der Waals surface area contributed by atoms with E-state index in [2.05, 4.69) is 0 Å². The molecular formula is C15H19N3O3S2. The van der Waals surface area contributed by atoms with Crippen molar-refractivity contribution < 1.29 is 14.7 Å². The maximum atomic E-state index is 11.4. The highest BCUT2D eigenvalue weighted by molar-refractivity contribution is 8.22. The molecule has 2 rings (SSSR count). The first-order valence-corrected chi connectivity index (χ1v) is 8.57. The number of carbonyl (C=O) groups is 2. The molecule has 1 amide bonds. The molecule has 1 aliphatic rings. The van der Waals surface area contributed by atoms with Crippen LogP contribution in [-0.4, -0.2) is 56.2 Å². The molecule has 8 heteroatoms. The SMILES string of the molecule is NC(=O)CC(C(=O)O)N1CSC(=S)N(CCc2ccccc2)C1. The summed E-state index contributed by atoms with van der Waals surface area (Å²) in [5, 5.41) is 9.32. The number of rotatable bonds is 7. The summed E-state index contributed by atoms with van der Waals surface area (Å²) in [7, 11) is 0. The lowest BCUT2D eigenvalue weighted by atomic mass is 10.1. The molecule has 1 aromatic carbocycles. The number of aliphatic carboxylic acids is 1. The molecule has 6 nitrogen and oxygen atoms in total. The monoisotopic (exact) mass is 353 g/mol. The summed E-state index contributed by atoms with van der Waals surface area (Å²) in [6.07, 6.45) is 0.623. The number of carbonyl (C=O) groups excluding carboxylic acids is 1. The van der Waals surface area contributed by atoms with Gasteiger partial charge in [0, 0.05) is 6.54 Å². The number of hydrogen-bond acceptors (Lipinski definition) is 5. The molecule has 1 saturated heterocycles. The van der Waals surface area contributed by atoms with E-state index in [9.17, 15) is 14.7 Å². The average molecular weight is 353 g/mol. The second kappa shape index (κ2) is 8.28. The fraction of sp³-hybridized carbons (Fsp3) is 0.400. The highest BCUT2D eigenvalue weighted by atomic mass is 32.2. The van der Waals surface area contributed by atoms with E-state index < -0.39 is 17.9 Å². The third-order valence-corrected chi connectivity index (χ3v) is 5.18. The highest BCUT2D eigenvalue weighted by Gasteiger charge is 2.32. The lowest BCUT2D eigenvalue weighted by Gasteiger charge is -2.39. The zero-order valence-corrected chi connectivity index (χ0v) is 14.2. The number of thiocarbonyl (C=S) groups is 1. The van der Waals surface area contributed by atoms with Gasteiger partial charge in [-0.25, -0.2) is 0 Å². The van der Waals surface area contributed by atoms with Gasteiger partial charge < -0.3 is 15.7 Å². The van der Waals surface area contributed by atoms with E-state index in [0.29, 0.717) is 19.1 Å². The summed E-state index contributed by atoms with van der Waals surface area (Å²) in [4.78, 5) is 26.2. The minimum absolute atomic E-state index is 0.199. The first kappa shape index (κ1) is 17.7. The average Bonchev–Trinajstić information content (AvgIpc) is 2.52.